The van der Waals surface area contributed by atoms with Crippen LogP contribution in [0.15, 0.2) is 30.3 Å². The van der Waals surface area contributed by atoms with Gasteiger partial charge in [-0.3, -0.25) is 0 Å². The molecular weight excluding hydrogens is 246 g/mol. The van der Waals surface area contributed by atoms with E-state index in [2.05, 4.69) is 42.6 Å². The van der Waals surface area contributed by atoms with Crippen LogP contribution in [0.25, 0.3) is 0 Å². The summed E-state index contributed by atoms with van der Waals surface area (Å²) in [7, 11) is 1.80. The van der Waals surface area contributed by atoms with Crippen LogP contribution in [0, 0.1) is 0 Å². The van der Waals surface area contributed by atoms with Gasteiger partial charge in [-0.05, 0) is 37.8 Å². The van der Waals surface area contributed by atoms with Crippen molar-refractivity contribution in [2.24, 2.45) is 0 Å². The molecule has 0 aliphatic heterocycles. The summed E-state index contributed by atoms with van der Waals surface area (Å²) < 4.78 is 5.24. The molecule has 0 bridgehead atoms. The van der Waals surface area contributed by atoms with Crippen LogP contribution in [0.2, 0.25) is 0 Å². The van der Waals surface area contributed by atoms with E-state index in [1.165, 1.54) is 37.7 Å². The van der Waals surface area contributed by atoms with Crippen molar-refractivity contribution in [3.63, 3.8) is 0 Å². The van der Waals surface area contributed by atoms with E-state index in [1.54, 1.807) is 7.11 Å². The van der Waals surface area contributed by atoms with Gasteiger partial charge in [0.15, 0.2) is 0 Å². The number of ether oxygens (including phenoxy) is 1. The van der Waals surface area contributed by atoms with E-state index < -0.39 is 0 Å². The molecule has 0 saturated heterocycles. The first kappa shape index (κ1) is 15.5. The van der Waals surface area contributed by atoms with Gasteiger partial charge >= 0.3 is 0 Å². The largest absolute Gasteiger partial charge is 0.385 e. The predicted octanol–water partition coefficient (Wildman–Crippen LogP) is 3.90. The fourth-order valence-electron chi connectivity index (χ4n) is 3.87. The van der Waals surface area contributed by atoms with E-state index in [1.807, 2.05) is 0 Å². The highest BCUT2D eigenvalue weighted by Crippen LogP contribution is 2.45. The summed E-state index contributed by atoms with van der Waals surface area (Å²) in [6.45, 7) is 4.13. The molecule has 1 unspecified atom stereocenters. The Morgan fingerprint density at radius 1 is 1.20 bits per heavy atom. The van der Waals surface area contributed by atoms with E-state index in [-0.39, 0.29) is 0 Å². The fourth-order valence-corrected chi connectivity index (χ4v) is 3.87. The van der Waals surface area contributed by atoms with Crippen LogP contribution >= 0.6 is 0 Å². The van der Waals surface area contributed by atoms with Crippen molar-refractivity contribution in [1.82, 2.24) is 5.32 Å². The van der Waals surface area contributed by atoms with Crippen molar-refractivity contribution in [2.75, 3.05) is 20.3 Å². The van der Waals surface area contributed by atoms with Gasteiger partial charge in [0.2, 0.25) is 0 Å². The highest BCUT2D eigenvalue weighted by atomic mass is 16.5. The molecular formula is C18H29NO. The number of hydrogen-bond acceptors (Lipinski definition) is 2. The SMILES string of the molecule is CCNC(CCCOC)C1(c2ccccc2)CCCC1. The lowest BCUT2D eigenvalue weighted by molar-refractivity contribution is 0.179. The van der Waals surface area contributed by atoms with E-state index in [0.717, 1.165) is 19.6 Å². The molecule has 2 rings (SSSR count). The first-order chi connectivity index (χ1) is 9.83. The van der Waals surface area contributed by atoms with Crippen LogP contribution in [0.4, 0.5) is 0 Å². The van der Waals surface area contributed by atoms with E-state index in [0.29, 0.717) is 11.5 Å². The molecule has 1 aromatic rings. The van der Waals surface area contributed by atoms with Crippen molar-refractivity contribution in [3.05, 3.63) is 35.9 Å². The summed E-state index contributed by atoms with van der Waals surface area (Å²) >= 11 is 0. The number of nitrogens with one attached hydrogen (secondary N) is 1. The molecule has 1 N–H and O–H groups in total. The van der Waals surface area contributed by atoms with Crippen LogP contribution in [-0.2, 0) is 10.2 Å². The Morgan fingerprint density at radius 2 is 1.90 bits per heavy atom. The maximum atomic E-state index is 5.24. The second-order valence-corrected chi connectivity index (χ2v) is 5.97. The van der Waals surface area contributed by atoms with Crippen LogP contribution in [0.3, 0.4) is 0 Å². The summed E-state index contributed by atoms with van der Waals surface area (Å²) in [4.78, 5) is 0. The average molecular weight is 275 g/mol. The minimum atomic E-state index is 0.338. The molecule has 2 nitrogen and oxygen atoms in total. The highest BCUT2D eigenvalue weighted by molar-refractivity contribution is 5.29. The molecule has 1 saturated carbocycles. The normalized spacial score (nSPS) is 19.1. The third-order valence-electron chi connectivity index (χ3n) is 4.80. The van der Waals surface area contributed by atoms with Gasteiger partial charge in [0.1, 0.15) is 0 Å². The molecule has 1 aromatic carbocycles. The monoisotopic (exact) mass is 275 g/mol. The molecule has 1 aliphatic carbocycles. The third-order valence-corrected chi connectivity index (χ3v) is 4.80. The standard InChI is InChI=1S/C18H29NO/c1-3-19-17(12-9-15-20-2)18(13-7-8-14-18)16-10-5-4-6-11-16/h4-6,10-11,17,19H,3,7-9,12-15H2,1-2H3. The minimum absolute atomic E-state index is 0.338. The first-order valence-electron chi connectivity index (χ1n) is 8.11. The van der Waals surface area contributed by atoms with Crippen molar-refractivity contribution >= 4 is 0 Å². The minimum Gasteiger partial charge on any atom is -0.385 e. The van der Waals surface area contributed by atoms with Crippen molar-refractivity contribution < 1.29 is 4.74 Å². The first-order valence-corrected chi connectivity index (χ1v) is 8.11. The predicted molar refractivity (Wildman–Crippen MR) is 85.2 cm³/mol. The number of rotatable bonds is 8. The Labute approximate surface area is 123 Å². The molecule has 2 heteroatoms. The third kappa shape index (κ3) is 3.42. The molecule has 20 heavy (non-hydrogen) atoms. The van der Waals surface area contributed by atoms with E-state index in [4.69, 9.17) is 4.74 Å². The molecule has 0 radical (unpaired) electrons. The maximum Gasteiger partial charge on any atom is 0.0462 e. The van der Waals surface area contributed by atoms with Gasteiger partial charge in [0.25, 0.3) is 0 Å². The zero-order valence-corrected chi connectivity index (χ0v) is 13.0. The van der Waals surface area contributed by atoms with Gasteiger partial charge in [-0.15, -0.1) is 0 Å². The molecule has 0 spiro atoms. The van der Waals surface area contributed by atoms with Crippen LogP contribution in [-0.4, -0.2) is 26.3 Å². The molecule has 1 atom stereocenters. The Kier molecular flexibility index (Phi) is 6.06. The highest BCUT2D eigenvalue weighted by Gasteiger charge is 2.41. The van der Waals surface area contributed by atoms with Gasteiger partial charge in [-0.1, -0.05) is 50.1 Å². The number of hydrogen-bond donors (Lipinski definition) is 1. The topological polar surface area (TPSA) is 21.3 Å². The summed E-state index contributed by atoms with van der Waals surface area (Å²) in [6, 6.07) is 11.7. The second kappa shape index (κ2) is 7.80. The molecule has 0 aromatic heterocycles. The lowest BCUT2D eigenvalue weighted by atomic mass is 9.71. The van der Waals surface area contributed by atoms with Gasteiger partial charge in [0, 0.05) is 25.2 Å². The Hall–Kier alpha value is -0.860. The maximum absolute atomic E-state index is 5.24. The van der Waals surface area contributed by atoms with Crippen molar-refractivity contribution in [1.29, 1.82) is 0 Å². The zero-order chi connectivity index (χ0) is 14.3. The van der Waals surface area contributed by atoms with Crippen LogP contribution in [0.5, 0.6) is 0 Å². The number of likely N-dealkylation sites (N-methyl/N-ethyl adjacent to an activating group) is 1. The summed E-state index contributed by atoms with van der Waals surface area (Å²) in [5, 5.41) is 3.77. The van der Waals surface area contributed by atoms with Crippen molar-refractivity contribution in [2.45, 2.75) is 56.9 Å². The van der Waals surface area contributed by atoms with Crippen LogP contribution < -0.4 is 5.32 Å². The average Bonchev–Trinajstić information content (AvgIpc) is 2.98. The molecule has 0 amide bonds. The summed E-state index contributed by atoms with van der Waals surface area (Å²) in [5.74, 6) is 0. The Balaban J connectivity index is 2.19. The molecule has 112 valence electrons. The van der Waals surface area contributed by atoms with Gasteiger partial charge in [0.05, 0.1) is 0 Å². The van der Waals surface area contributed by atoms with Gasteiger partial charge < -0.3 is 10.1 Å². The number of methoxy groups -OCH3 is 1. The zero-order valence-electron chi connectivity index (χ0n) is 13.0. The second-order valence-electron chi connectivity index (χ2n) is 5.97. The van der Waals surface area contributed by atoms with Crippen molar-refractivity contribution in [3.8, 4) is 0 Å². The lowest BCUT2D eigenvalue weighted by Crippen LogP contribution is -2.47. The summed E-state index contributed by atoms with van der Waals surface area (Å²) in [6.07, 6.45) is 7.71. The quantitative estimate of drug-likeness (QED) is 0.726. The molecule has 0 heterocycles. The fraction of sp³-hybridized carbons (Fsp3) is 0.667. The Bertz CT molecular complexity index is 370. The molecule has 1 aliphatic rings. The molecule has 1 fully saturated rings. The van der Waals surface area contributed by atoms with Crippen LogP contribution in [0.1, 0.15) is 51.0 Å². The number of benzene rings is 1. The summed E-state index contributed by atoms with van der Waals surface area (Å²) in [5.41, 5.74) is 1.87. The lowest BCUT2D eigenvalue weighted by Gasteiger charge is -2.39. The van der Waals surface area contributed by atoms with E-state index in [9.17, 15) is 0 Å². The van der Waals surface area contributed by atoms with Gasteiger partial charge in [-0.25, -0.2) is 0 Å². The Morgan fingerprint density at radius 3 is 2.50 bits per heavy atom. The van der Waals surface area contributed by atoms with Gasteiger partial charge in [-0.2, -0.15) is 0 Å². The van der Waals surface area contributed by atoms with E-state index >= 15 is 0 Å². The smallest absolute Gasteiger partial charge is 0.0462 e.